The number of nitrogens with one attached hydrogen (secondary N) is 1. The fraction of sp³-hybridized carbons (Fsp3) is 0.188. The molecular weight excluding hydrogens is 266 g/mol. The highest BCUT2D eigenvalue weighted by molar-refractivity contribution is 5.93. The van der Waals surface area contributed by atoms with E-state index in [4.69, 9.17) is 4.74 Å². The Morgan fingerprint density at radius 1 is 1.14 bits per heavy atom. The number of fused-ring (bicyclic) bond motifs is 1. The quantitative estimate of drug-likeness (QED) is 0.747. The molecule has 1 N–H and O–H groups in total. The van der Waals surface area contributed by atoms with E-state index in [1.807, 2.05) is 42.5 Å². The van der Waals surface area contributed by atoms with Crippen molar-refractivity contribution in [3.8, 4) is 11.1 Å². The third-order valence-corrected chi connectivity index (χ3v) is 3.46. The van der Waals surface area contributed by atoms with Gasteiger partial charge >= 0.3 is 5.97 Å². The highest BCUT2D eigenvalue weighted by atomic mass is 16.5. The molecule has 0 spiro atoms. The van der Waals surface area contributed by atoms with Gasteiger partial charge in [0, 0.05) is 12.0 Å². The number of hydrogen-bond donors (Lipinski definition) is 1. The van der Waals surface area contributed by atoms with Crippen LogP contribution < -0.4 is 0 Å². The summed E-state index contributed by atoms with van der Waals surface area (Å²) in [5, 5.41) is 11.0. The van der Waals surface area contributed by atoms with Crippen molar-refractivity contribution in [2.45, 2.75) is 12.8 Å². The number of nitrogens with zero attached hydrogens (tertiary/aromatic N) is 2. The van der Waals surface area contributed by atoms with E-state index in [9.17, 15) is 4.79 Å². The van der Waals surface area contributed by atoms with Crippen LogP contribution in [-0.2, 0) is 16.0 Å². The number of esters is 1. The zero-order valence-electron chi connectivity index (χ0n) is 11.7. The monoisotopic (exact) mass is 281 g/mol. The molecule has 0 aliphatic heterocycles. The normalized spacial score (nSPS) is 10.7. The molecule has 3 rings (SSSR count). The minimum Gasteiger partial charge on any atom is -0.469 e. The fourth-order valence-corrected chi connectivity index (χ4v) is 2.43. The summed E-state index contributed by atoms with van der Waals surface area (Å²) in [5.41, 5.74) is 4.79. The molecule has 1 heterocycles. The van der Waals surface area contributed by atoms with Gasteiger partial charge in [0.25, 0.3) is 0 Å². The highest BCUT2D eigenvalue weighted by Crippen LogP contribution is 2.30. The zero-order chi connectivity index (χ0) is 14.7. The van der Waals surface area contributed by atoms with Crippen LogP contribution >= 0.6 is 0 Å². The number of aromatic amines is 1. The van der Waals surface area contributed by atoms with Crippen molar-refractivity contribution in [1.29, 1.82) is 0 Å². The lowest BCUT2D eigenvalue weighted by molar-refractivity contribution is -0.140. The minimum absolute atomic E-state index is 0.214. The van der Waals surface area contributed by atoms with Crippen LogP contribution in [0.2, 0.25) is 0 Å². The Labute approximate surface area is 121 Å². The predicted octanol–water partition coefficient (Wildman–Crippen LogP) is 2.73. The molecule has 0 radical (unpaired) electrons. The Balaban J connectivity index is 2.09. The Hall–Kier alpha value is -2.69. The van der Waals surface area contributed by atoms with Crippen molar-refractivity contribution < 1.29 is 9.53 Å². The minimum atomic E-state index is -0.214. The van der Waals surface area contributed by atoms with Gasteiger partial charge in [0.05, 0.1) is 7.11 Å². The number of ether oxygens (including phenoxy) is 1. The van der Waals surface area contributed by atoms with Gasteiger partial charge < -0.3 is 4.74 Å². The summed E-state index contributed by atoms with van der Waals surface area (Å²) in [6.45, 7) is 0. The van der Waals surface area contributed by atoms with E-state index >= 15 is 0 Å². The second-order valence-corrected chi connectivity index (χ2v) is 4.73. The van der Waals surface area contributed by atoms with Gasteiger partial charge in [-0.05, 0) is 23.6 Å². The van der Waals surface area contributed by atoms with Crippen LogP contribution in [0, 0.1) is 0 Å². The number of aromatic nitrogens is 3. The van der Waals surface area contributed by atoms with Crippen molar-refractivity contribution >= 4 is 17.0 Å². The standard InChI is InChI=1S/C16H15N3O2/c1-21-14(20)10-8-12-7-9-13-16(18-19-17-13)15(12)11-5-3-2-4-6-11/h2-7,9H,8,10H2,1H3,(H,17,18,19). The molecule has 0 aliphatic rings. The van der Waals surface area contributed by atoms with E-state index in [0.29, 0.717) is 12.8 Å². The van der Waals surface area contributed by atoms with Gasteiger partial charge in [-0.3, -0.25) is 4.79 Å². The zero-order valence-corrected chi connectivity index (χ0v) is 11.7. The Morgan fingerprint density at radius 2 is 1.95 bits per heavy atom. The van der Waals surface area contributed by atoms with Gasteiger partial charge in [-0.25, -0.2) is 0 Å². The van der Waals surface area contributed by atoms with Crippen molar-refractivity contribution in [3.05, 3.63) is 48.0 Å². The van der Waals surface area contributed by atoms with Crippen LogP contribution in [0.3, 0.4) is 0 Å². The average Bonchev–Trinajstić information content (AvgIpc) is 3.01. The van der Waals surface area contributed by atoms with Crippen molar-refractivity contribution in [2.75, 3.05) is 7.11 Å². The fourth-order valence-electron chi connectivity index (χ4n) is 2.43. The van der Waals surface area contributed by atoms with Crippen LogP contribution in [0.4, 0.5) is 0 Å². The van der Waals surface area contributed by atoms with E-state index in [2.05, 4.69) is 15.4 Å². The van der Waals surface area contributed by atoms with Crippen molar-refractivity contribution in [1.82, 2.24) is 15.4 Å². The van der Waals surface area contributed by atoms with Gasteiger partial charge in [-0.2, -0.15) is 15.4 Å². The Morgan fingerprint density at radius 3 is 2.71 bits per heavy atom. The molecule has 0 bridgehead atoms. The highest BCUT2D eigenvalue weighted by Gasteiger charge is 2.14. The molecule has 1 aromatic heterocycles. The maximum Gasteiger partial charge on any atom is 0.305 e. The number of H-pyrrole nitrogens is 1. The van der Waals surface area contributed by atoms with Gasteiger partial charge in [-0.15, -0.1) is 0 Å². The second kappa shape index (κ2) is 5.75. The molecule has 5 heteroatoms. The van der Waals surface area contributed by atoms with Crippen LogP contribution in [0.5, 0.6) is 0 Å². The van der Waals surface area contributed by atoms with E-state index in [1.165, 1.54) is 7.11 Å². The first-order valence-electron chi connectivity index (χ1n) is 6.74. The van der Waals surface area contributed by atoms with Gasteiger partial charge in [0.2, 0.25) is 0 Å². The third kappa shape index (κ3) is 2.63. The van der Waals surface area contributed by atoms with Crippen molar-refractivity contribution in [2.24, 2.45) is 0 Å². The lowest BCUT2D eigenvalue weighted by Gasteiger charge is -2.10. The molecule has 0 atom stereocenters. The summed E-state index contributed by atoms with van der Waals surface area (Å²) < 4.78 is 4.72. The topological polar surface area (TPSA) is 67.9 Å². The molecule has 5 nitrogen and oxygen atoms in total. The number of methoxy groups -OCH3 is 1. The predicted molar refractivity (Wildman–Crippen MR) is 79.7 cm³/mol. The first kappa shape index (κ1) is 13.3. The first-order valence-corrected chi connectivity index (χ1v) is 6.74. The van der Waals surface area contributed by atoms with Crippen LogP contribution in [-0.4, -0.2) is 28.5 Å². The maximum absolute atomic E-state index is 11.4. The number of hydrogen-bond acceptors (Lipinski definition) is 4. The summed E-state index contributed by atoms with van der Waals surface area (Å²) in [6, 6.07) is 13.9. The molecule has 0 amide bonds. The molecule has 0 saturated heterocycles. The second-order valence-electron chi connectivity index (χ2n) is 4.73. The molecule has 0 unspecified atom stereocenters. The first-order chi connectivity index (χ1) is 10.3. The molecular formula is C16H15N3O2. The van der Waals surface area contributed by atoms with Crippen LogP contribution in [0.1, 0.15) is 12.0 Å². The molecule has 2 aromatic carbocycles. The Kier molecular flexibility index (Phi) is 3.64. The largest absolute Gasteiger partial charge is 0.469 e. The van der Waals surface area contributed by atoms with Gasteiger partial charge in [0.1, 0.15) is 11.0 Å². The van der Waals surface area contributed by atoms with Gasteiger partial charge in [0.15, 0.2) is 0 Å². The summed E-state index contributed by atoms with van der Waals surface area (Å²) in [5.74, 6) is -0.214. The van der Waals surface area contributed by atoms with E-state index < -0.39 is 0 Å². The number of carbonyl (C=O) groups excluding carboxylic acids is 1. The van der Waals surface area contributed by atoms with E-state index in [0.717, 1.165) is 27.7 Å². The Bertz CT molecular complexity index is 766. The third-order valence-electron chi connectivity index (χ3n) is 3.46. The van der Waals surface area contributed by atoms with Crippen molar-refractivity contribution in [3.63, 3.8) is 0 Å². The van der Waals surface area contributed by atoms with E-state index in [-0.39, 0.29) is 5.97 Å². The molecule has 3 aromatic rings. The summed E-state index contributed by atoms with van der Waals surface area (Å²) in [6.07, 6.45) is 0.958. The van der Waals surface area contributed by atoms with Gasteiger partial charge in [-0.1, -0.05) is 36.4 Å². The summed E-state index contributed by atoms with van der Waals surface area (Å²) in [7, 11) is 1.40. The number of aryl methyl sites for hydroxylation is 1. The average molecular weight is 281 g/mol. The molecule has 0 fully saturated rings. The number of benzene rings is 2. The smallest absolute Gasteiger partial charge is 0.305 e. The number of carbonyl (C=O) groups is 1. The van der Waals surface area contributed by atoms with Crippen LogP contribution in [0.15, 0.2) is 42.5 Å². The maximum atomic E-state index is 11.4. The number of rotatable bonds is 4. The lowest BCUT2D eigenvalue weighted by atomic mass is 9.95. The molecule has 21 heavy (non-hydrogen) atoms. The molecule has 106 valence electrons. The molecule has 0 saturated carbocycles. The summed E-state index contributed by atoms with van der Waals surface area (Å²) >= 11 is 0. The molecule has 0 aliphatic carbocycles. The lowest BCUT2D eigenvalue weighted by Crippen LogP contribution is -2.03. The SMILES string of the molecule is COC(=O)CCc1ccc2n[nH]nc2c1-c1ccccc1. The summed E-state index contributed by atoms with van der Waals surface area (Å²) in [4.78, 5) is 11.4. The van der Waals surface area contributed by atoms with E-state index in [1.54, 1.807) is 0 Å². The van der Waals surface area contributed by atoms with Crippen LogP contribution in [0.25, 0.3) is 22.2 Å².